The van der Waals surface area contributed by atoms with Gasteiger partial charge in [0.15, 0.2) is 0 Å². The maximum Gasteiger partial charge on any atom is -0.00132 e. The molecule has 0 heterocycles. The summed E-state index contributed by atoms with van der Waals surface area (Å²) < 4.78 is 0. The molecule has 0 N–H and O–H groups in total. The molecule has 0 saturated heterocycles. The highest BCUT2D eigenvalue weighted by molar-refractivity contribution is 6.11. The number of hydrogen-bond acceptors (Lipinski definition) is 0. The largest absolute Gasteiger partial charge is 0.0619 e. The number of rotatable bonds is 3. The summed E-state index contributed by atoms with van der Waals surface area (Å²) in [6.07, 6.45) is 0.986. The molecule has 8 aromatic rings. The van der Waals surface area contributed by atoms with Crippen LogP contribution in [0, 0.1) is 0 Å². The standard InChI is InChI=1S/C43H28/c1-2-10-32-24-33(21-18-28(32)8-1)29-16-19-31(20-17-29)38-22-23-40(39-15-7-12-30-9-3-5-13-36(30)39)43-27-41-35(26-42(38)43)25-34-11-4-6-14-37(34)41/h1-24,26-27H,25H2. The second-order valence-corrected chi connectivity index (χ2v) is 11.7. The lowest BCUT2D eigenvalue weighted by atomic mass is 9.87. The summed E-state index contributed by atoms with van der Waals surface area (Å²) in [6, 6.07) is 58.3. The minimum atomic E-state index is 0.986. The third kappa shape index (κ3) is 3.91. The van der Waals surface area contributed by atoms with Gasteiger partial charge in [0, 0.05) is 0 Å². The van der Waals surface area contributed by atoms with Crippen molar-refractivity contribution in [2.24, 2.45) is 0 Å². The molecule has 9 rings (SSSR count). The fourth-order valence-corrected chi connectivity index (χ4v) is 7.13. The smallest absolute Gasteiger partial charge is 0.00132 e. The highest BCUT2D eigenvalue weighted by Gasteiger charge is 2.21. The summed E-state index contributed by atoms with van der Waals surface area (Å²) in [5.74, 6) is 0. The normalized spacial score (nSPS) is 12.1. The second kappa shape index (κ2) is 9.54. The first kappa shape index (κ1) is 24.2. The molecule has 0 saturated carbocycles. The Hall–Kier alpha value is -5.46. The third-order valence-corrected chi connectivity index (χ3v) is 9.29. The lowest BCUT2D eigenvalue weighted by Crippen LogP contribution is -1.90. The van der Waals surface area contributed by atoms with Gasteiger partial charge in [0.1, 0.15) is 0 Å². The van der Waals surface area contributed by atoms with Crippen LogP contribution in [-0.4, -0.2) is 0 Å². The Morgan fingerprint density at radius 1 is 0.279 bits per heavy atom. The highest BCUT2D eigenvalue weighted by Crippen LogP contribution is 2.45. The van der Waals surface area contributed by atoms with Gasteiger partial charge >= 0.3 is 0 Å². The molecular formula is C43H28. The van der Waals surface area contributed by atoms with E-state index < -0.39 is 0 Å². The van der Waals surface area contributed by atoms with Gasteiger partial charge in [-0.3, -0.25) is 0 Å². The van der Waals surface area contributed by atoms with E-state index in [1.54, 1.807) is 0 Å². The van der Waals surface area contributed by atoms with Crippen LogP contribution in [0.1, 0.15) is 11.1 Å². The fourth-order valence-electron chi connectivity index (χ4n) is 7.13. The molecule has 43 heavy (non-hydrogen) atoms. The van der Waals surface area contributed by atoms with Crippen LogP contribution in [0.3, 0.4) is 0 Å². The number of fused-ring (bicyclic) bond motifs is 6. The van der Waals surface area contributed by atoms with Gasteiger partial charge in [-0.25, -0.2) is 0 Å². The van der Waals surface area contributed by atoms with Crippen LogP contribution in [0.2, 0.25) is 0 Å². The highest BCUT2D eigenvalue weighted by atomic mass is 14.2. The zero-order valence-corrected chi connectivity index (χ0v) is 23.7. The molecule has 0 radical (unpaired) electrons. The van der Waals surface area contributed by atoms with Crippen molar-refractivity contribution in [1.29, 1.82) is 0 Å². The van der Waals surface area contributed by atoms with Gasteiger partial charge < -0.3 is 0 Å². The number of benzene rings is 8. The molecule has 0 heteroatoms. The lowest BCUT2D eigenvalue weighted by Gasteiger charge is -2.16. The van der Waals surface area contributed by atoms with Crippen LogP contribution < -0.4 is 0 Å². The Bertz CT molecular complexity index is 2350. The lowest BCUT2D eigenvalue weighted by molar-refractivity contribution is 1.27. The zero-order chi connectivity index (χ0) is 28.3. The van der Waals surface area contributed by atoms with Gasteiger partial charge in [0.25, 0.3) is 0 Å². The van der Waals surface area contributed by atoms with E-state index in [-0.39, 0.29) is 0 Å². The van der Waals surface area contributed by atoms with Crippen molar-refractivity contribution >= 4 is 32.3 Å². The molecular weight excluding hydrogens is 516 g/mol. The molecule has 0 aliphatic heterocycles. The van der Waals surface area contributed by atoms with Crippen molar-refractivity contribution in [3.63, 3.8) is 0 Å². The second-order valence-electron chi connectivity index (χ2n) is 11.7. The molecule has 0 nitrogen and oxygen atoms in total. The van der Waals surface area contributed by atoms with Crippen molar-refractivity contribution in [2.45, 2.75) is 6.42 Å². The van der Waals surface area contributed by atoms with Crippen LogP contribution >= 0.6 is 0 Å². The van der Waals surface area contributed by atoms with Crippen LogP contribution in [-0.2, 0) is 6.42 Å². The summed E-state index contributed by atoms with van der Waals surface area (Å²) in [7, 11) is 0. The predicted molar refractivity (Wildman–Crippen MR) is 184 cm³/mol. The van der Waals surface area contributed by atoms with Crippen LogP contribution in [0.4, 0.5) is 0 Å². The first-order valence-corrected chi connectivity index (χ1v) is 15.1. The topological polar surface area (TPSA) is 0 Å². The fraction of sp³-hybridized carbons (Fsp3) is 0.0233. The van der Waals surface area contributed by atoms with E-state index in [9.17, 15) is 0 Å². The first-order valence-electron chi connectivity index (χ1n) is 15.1. The Morgan fingerprint density at radius 2 is 0.907 bits per heavy atom. The summed E-state index contributed by atoms with van der Waals surface area (Å²) >= 11 is 0. The monoisotopic (exact) mass is 544 g/mol. The van der Waals surface area contributed by atoms with Crippen LogP contribution in [0.15, 0.2) is 158 Å². The molecule has 0 amide bonds. The van der Waals surface area contributed by atoms with Crippen LogP contribution in [0.5, 0.6) is 0 Å². The van der Waals surface area contributed by atoms with E-state index in [1.807, 2.05) is 0 Å². The zero-order valence-electron chi connectivity index (χ0n) is 23.7. The van der Waals surface area contributed by atoms with Gasteiger partial charge in [-0.15, -0.1) is 0 Å². The third-order valence-electron chi connectivity index (χ3n) is 9.29. The Kier molecular flexibility index (Phi) is 5.36. The van der Waals surface area contributed by atoms with Crippen molar-refractivity contribution in [2.75, 3.05) is 0 Å². The van der Waals surface area contributed by atoms with E-state index in [2.05, 4.69) is 158 Å². The van der Waals surface area contributed by atoms with Crippen molar-refractivity contribution in [3.05, 3.63) is 169 Å². The first-order chi connectivity index (χ1) is 21.3. The van der Waals surface area contributed by atoms with E-state index in [4.69, 9.17) is 0 Å². The molecule has 200 valence electrons. The summed E-state index contributed by atoms with van der Waals surface area (Å²) in [4.78, 5) is 0. The van der Waals surface area contributed by atoms with Crippen molar-refractivity contribution in [3.8, 4) is 44.5 Å². The average Bonchev–Trinajstić information content (AvgIpc) is 3.44. The quantitative estimate of drug-likeness (QED) is 0.207. The Labute approximate surface area is 251 Å². The van der Waals surface area contributed by atoms with E-state index >= 15 is 0 Å². The molecule has 8 aromatic carbocycles. The van der Waals surface area contributed by atoms with Crippen molar-refractivity contribution < 1.29 is 0 Å². The minimum absolute atomic E-state index is 0.986. The molecule has 1 aliphatic carbocycles. The van der Waals surface area contributed by atoms with Gasteiger partial charge in [-0.1, -0.05) is 140 Å². The SMILES string of the molecule is c1ccc2c(c1)Cc1cc3c(-c4ccc(-c5ccc6ccccc6c5)cc4)ccc(-c4cccc5ccccc45)c3cc1-2. The molecule has 0 unspecified atom stereocenters. The number of hydrogen-bond donors (Lipinski definition) is 0. The minimum Gasteiger partial charge on any atom is -0.0619 e. The van der Waals surface area contributed by atoms with E-state index in [0.29, 0.717) is 0 Å². The van der Waals surface area contributed by atoms with Gasteiger partial charge in [0.2, 0.25) is 0 Å². The molecule has 0 spiro atoms. The molecule has 0 aromatic heterocycles. The molecule has 0 atom stereocenters. The average molecular weight is 545 g/mol. The summed E-state index contributed by atoms with van der Waals surface area (Å²) in [5, 5.41) is 7.73. The summed E-state index contributed by atoms with van der Waals surface area (Å²) in [6.45, 7) is 0. The Balaban J connectivity index is 1.23. The van der Waals surface area contributed by atoms with Crippen LogP contribution in [0.25, 0.3) is 76.8 Å². The maximum atomic E-state index is 2.46. The maximum absolute atomic E-state index is 2.46. The van der Waals surface area contributed by atoms with Gasteiger partial charge in [0.05, 0.1) is 0 Å². The molecule has 0 fully saturated rings. The predicted octanol–water partition coefficient (Wildman–Crippen LogP) is 11.7. The van der Waals surface area contributed by atoms with Gasteiger partial charge in [-0.2, -0.15) is 0 Å². The molecule has 0 bridgehead atoms. The van der Waals surface area contributed by atoms with E-state index in [1.165, 1.54) is 88.0 Å². The molecule has 1 aliphatic rings. The van der Waals surface area contributed by atoms with E-state index in [0.717, 1.165) is 6.42 Å². The summed E-state index contributed by atoms with van der Waals surface area (Å²) in [5.41, 5.74) is 13.2. The Morgan fingerprint density at radius 3 is 1.81 bits per heavy atom. The van der Waals surface area contributed by atoms with Crippen molar-refractivity contribution in [1.82, 2.24) is 0 Å². The van der Waals surface area contributed by atoms with Gasteiger partial charge in [-0.05, 0) is 113 Å².